The van der Waals surface area contributed by atoms with Crippen LogP contribution in [0.4, 0.5) is 4.39 Å². The zero-order chi connectivity index (χ0) is 15.2. The lowest BCUT2D eigenvalue weighted by molar-refractivity contribution is 0.189. The smallest absolute Gasteiger partial charge is 0.126 e. The monoisotopic (exact) mass is 292 g/mol. The molecule has 2 nitrogen and oxygen atoms in total. The SMILES string of the molecule is CCCCN(CC1CCCN1)C(C)c1ccc(C)c(F)c1. The van der Waals surface area contributed by atoms with Crippen LogP contribution in [0, 0.1) is 12.7 Å². The average molecular weight is 292 g/mol. The summed E-state index contributed by atoms with van der Waals surface area (Å²) in [4.78, 5) is 2.51. The van der Waals surface area contributed by atoms with Crippen molar-refractivity contribution in [3.63, 3.8) is 0 Å². The van der Waals surface area contributed by atoms with E-state index in [0.29, 0.717) is 6.04 Å². The van der Waals surface area contributed by atoms with Crippen molar-refractivity contribution in [3.8, 4) is 0 Å². The maximum atomic E-state index is 13.8. The lowest BCUT2D eigenvalue weighted by Gasteiger charge is -2.32. The molecule has 1 aliphatic heterocycles. The van der Waals surface area contributed by atoms with Gasteiger partial charge in [0.05, 0.1) is 0 Å². The third-order valence-electron chi connectivity index (χ3n) is 4.64. The van der Waals surface area contributed by atoms with Crippen molar-refractivity contribution < 1.29 is 4.39 Å². The van der Waals surface area contributed by atoms with Crippen molar-refractivity contribution in [3.05, 3.63) is 35.1 Å². The van der Waals surface area contributed by atoms with Crippen LogP contribution >= 0.6 is 0 Å². The number of hydrogen-bond donors (Lipinski definition) is 1. The van der Waals surface area contributed by atoms with Gasteiger partial charge in [-0.3, -0.25) is 4.90 Å². The van der Waals surface area contributed by atoms with Gasteiger partial charge in [-0.2, -0.15) is 0 Å². The first-order valence-corrected chi connectivity index (χ1v) is 8.35. The summed E-state index contributed by atoms with van der Waals surface area (Å²) in [6, 6.07) is 6.55. The molecule has 0 saturated carbocycles. The predicted molar refractivity (Wildman–Crippen MR) is 87.1 cm³/mol. The topological polar surface area (TPSA) is 15.3 Å². The Bertz CT molecular complexity index is 441. The van der Waals surface area contributed by atoms with Crippen LogP contribution < -0.4 is 5.32 Å². The highest BCUT2D eigenvalue weighted by molar-refractivity contribution is 5.25. The van der Waals surface area contributed by atoms with Crippen LogP contribution in [0.5, 0.6) is 0 Å². The molecule has 0 aliphatic carbocycles. The third kappa shape index (κ3) is 4.52. The standard InChI is InChI=1S/C18H29FN2/c1-4-5-11-21(13-17-7-6-10-20-17)15(3)16-9-8-14(2)18(19)12-16/h8-9,12,15,17,20H,4-7,10-11,13H2,1-3H3. The first-order chi connectivity index (χ1) is 10.1. The number of nitrogens with zero attached hydrogens (tertiary/aromatic N) is 1. The van der Waals surface area contributed by atoms with Gasteiger partial charge < -0.3 is 5.32 Å². The minimum absolute atomic E-state index is 0.0891. The van der Waals surface area contributed by atoms with Gasteiger partial charge in [0.1, 0.15) is 5.82 Å². The van der Waals surface area contributed by atoms with Gasteiger partial charge in [-0.1, -0.05) is 25.5 Å². The zero-order valence-electron chi connectivity index (χ0n) is 13.7. The van der Waals surface area contributed by atoms with Crippen molar-refractivity contribution >= 4 is 0 Å². The van der Waals surface area contributed by atoms with Gasteiger partial charge in [0.25, 0.3) is 0 Å². The summed E-state index contributed by atoms with van der Waals surface area (Å²) in [6.07, 6.45) is 4.94. The fourth-order valence-electron chi connectivity index (χ4n) is 3.08. The normalized spacial score (nSPS) is 20.1. The molecule has 1 fully saturated rings. The molecule has 0 aromatic heterocycles. The molecular weight excluding hydrogens is 263 g/mol. The highest BCUT2D eigenvalue weighted by atomic mass is 19.1. The lowest BCUT2D eigenvalue weighted by Crippen LogP contribution is -2.39. The molecule has 2 rings (SSSR count). The van der Waals surface area contributed by atoms with E-state index in [1.54, 1.807) is 6.07 Å². The summed E-state index contributed by atoms with van der Waals surface area (Å²) in [6.45, 7) is 9.54. The Labute approximate surface area is 128 Å². The number of unbranched alkanes of at least 4 members (excludes halogenated alkanes) is 1. The van der Waals surface area contributed by atoms with Crippen molar-refractivity contribution in [2.24, 2.45) is 0 Å². The van der Waals surface area contributed by atoms with Gasteiger partial charge in [-0.25, -0.2) is 4.39 Å². The summed E-state index contributed by atoms with van der Waals surface area (Å²) in [5.74, 6) is -0.0891. The summed E-state index contributed by atoms with van der Waals surface area (Å²) < 4.78 is 13.8. The van der Waals surface area contributed by atoms with E-state index < -0.39 is 0 Å². The largest absolute Gasteiger partial charge is 0.313 e. The highest BCUT2D eigenvalue weighted by Gasteiger charge is 2.22. The van der Waals surface area contributed by atoms with E-state index in [1.807, 2.05) is 13.0 Å². The molecule has 1 saturated heterocycles. The van der Waals surface area contributed by atoms with Crippen molar-refractivity contribution in [2.75, 3.05) is 19.6 Å². The molecular formula is C18H29FN2. The highest BCUT2D eigenvalue weighted by Crippen LogP contribution is 2.24. The molecule has 1 aromatic rings. The number of hydrogen-bond acceptors (Lipinski definition) is 2. The second-order valence-corrected chi connectivity index (χ2v) is 6.33. The summed E-state index contributed by atoms with van der Waals surface area (Å²) in [5.41, 5.74) is 1.82. The molecule has 118 valence electrons. The molecule has 1 aliphatic rings. The number of benzene rings is 1. The fourth-order valence-corrected chi connectivity index (χ4v) is 3.08. The second kappa shape index (κ2) is 7.90. The Kier molecular flexibility index (Phi) is 6.19. The van der Waals surface area contributed by atoms with Crippen LogP contribution in [0.15, 0.2) is 18.2 Å². The molecule has 0 amide bonds. The summed E-state index contributed by atoms with van der Waals surface area (Å²) in [7, 11) is 0. The van der Waals surface area contributed by atoms with E-state index in [4.69, 9.17) is 0 Å². The van der Waals surface area contributed by atoms with E-state index in [0.717, 1.165) is 30.8 Å². The van der Waals surface area contributed by atoms with Crippen LogP contribution in [0.3, 0.4) is 0 Å². The fraction of sp³-hybridized carbons (Fsp3) is 0.667. The summed E-state index contributed by atoms with van der Waals surface area (Å²) >= 11 is 0. The lowest BCUT2D eigenvalue weighted by atomic mass is 10.0. The van der Waals surface area contributed by atoms with Gasteiger partial charge in [0.15, 0.2) is 0 Å². The summed E-state index contributed by atoms with van der Waals surface area (Å²) in [5, 5.41) is 3.57. The number of nitrogens with one attached hydrogen (secondary N) is 1. The van der Waals surface area contributed by atoms with E-state index in [9.17, 15) is 4.39 Å². The Morgan fingerprint density at radius 3 is 2.86 bits per heavy atom. The third-order valence-corrected chi connectivity index (χ3v) is 4.64. The minimum atomic E-state index is -0.0891. The molecule has 1 aromatic carbocycles. The van der Waals surface area contributed by atoms with E-state index in [1.165, 1.54) is 25.7 Å². The van der Waals surface area contributed by atoms with E-state index >= 15 is 0 Å². The Balaban J connectivity index is 2.07. The van der Waals surface area contributed by atoms with Crippen LogP contribution in [0.1, 0.15) is 56.7 Å². The quantitative estimate of drug-likeness (QED) is 0.815. The van der Waals surface area contributed by atoms with E-state index in [2.05, 4.69) is 30.1 Å². The van der Waals surface area contributed by atoms with Gasteiger partial charge >= 0.3 is 0 Å². The first kappa shape index (κ1) is 16.4. The van der Waals surface area contributed by atoms with Crippen LogP contribution in [-0.2, 0) is 0 Å². The molecule has 2 atom stereocenters. The molecule has 0 radical (unpaired) electrons. The maximum absolute atomic E-state index is 13.8. The zero-order valence-corrected chi connectivity index (χ0v) is 13.7. The van der Waals surface area contributed by atoms with Gasteiger partial charge in [0.2, 0.25) is 0 Å². The van der Waals surface area contributed by atoms with Crippen molar-refractivity contribution in [2.45, 2.75) is 58.5 Å². The molecule has 2 unspecified atom stereocenters. The Hall–Kier alpha value is -0.930. The molecule has 21 heavy (non-hydrogen) atoms. The maximum Gasteiger partial charge on any atom is 0.126 e. The number of aryl methyl sites for hydroxylation is 1. The second-order valence-electron chi connectivity index (χ2n) is 6.33. The molecule has 0 spiro atoms. The number of rotatable bonds is 7. The predicted octanol–water partition coefficient (Wildman–Crippen LogP) is 4.05. The van der Waals surface area contributed by atoms with Crippen LogP contribution in [0.25, 0.3) is 0 Å². The van der Waals surface area contributed by atoms with E-state index in [-0.39, 0.29) is 11.9 Å². The Morgan fingerprint density at radius 1 is 1.43 bits per heavy atom. The van der Waals surface area contributed by atoms with Crippen molar-refractivity contribution in [1.29, 1.82) is 0 Å². The average Bonchev–Trinajstić information content (AvgIpc) is 2.98. The van der Waals surface area contributed by atoms with Crippen molar-refractivity contribution in [1.82, 2.24) is 10.2 Å². The molecule has 1 N–H and O–H groups in total. The number of halogens is 1. The molecule has 3 heteroatoms. The first-order valence-electron chi connectivity index (χ1n) is 8.35. The van der Waals surface area contributed by atoms with Gasteiger partial charge in [-0.15, -0.1) is 0 Å². The van der Waals surface area contributed by atoms with Gasteiger partial charge in [-0.05, 0) is 63.4 Å². The van der Waals surface area contributed by atoms with Crippen LogP contribution in [-0.4, -0.2) is 30.6 Å². The molecule has 0 bridgehead atoms. The minimum Gasteiger partial charge on any atom is -0.313 e. The molecule has 1 heterocycles. The Morgan fingerprint density at radius 2 is 2.24 bits per heavy atom. The van der Waals surface area contributed by atoms with Crippen LogP contribution in [0.2, 0.25) is 0 Å². The van der Waals surface area contributed by atoms with Gasteiger partial charge in [0, 0.05) is 18.6 Å².